The summed E-state index contributed by atoms with van der Waals surface area (Å²) in [5.41, 5.74) is 1.40. The molecule has 0 spiro atoms. The van der Waals surface area contributed by atoms with E-state index < -0.39 is 11.9 Å². The first-order valence-corrected chi connectivity index (χ1v) is 8.79. The lowest BCUT2D eigenvalue weighted by Gasteiger charge is -2.09. The number of pyridine rings is 1. The summed E-state index contributed by atoms with van der Waals surface area (Å²) in [6.07, 6.45) is 0.708. The van der Waals surface area contributed by atoms with Crippen LogP contribution in [-0.2, 0) is 11.2 Å². The van der Waals surface area contributed by atoms with Crippen molar-refractivity contribution >= 4 is 51.4 Å². The van der Waals surface area contributed by atoms with E-state index in [1.807, 2.05) is 5.38 Å². The Bertz CT molecular complexity index is 775. The van der Waals surface area contributed by atoms with Crippen LogP contribution in [0.1, 0.15) is 40.1 Å². The van der Waals surface area contributed by atoms with Gasteiger partial charge in [0.1, 0.15) is 15.3 Å². The molecule has 0 aromatic carbocycles. The Morgan fingerprint density at radius 2 is 2.04 bits per heavy atom. The van der Waals surface area contributed by atoms with Crippen LogP contribution in [-0.4, -0.2) is 24.0 Å². The highest BCUT2D eigenvalue weighted by Gasteiger charge is 2.23. The molecule has 0 aliphatic carbocycles. The fourth-order valence-corrected chi connectivity index (χ4v) is 3.54. The summed E-state index contributed by atoms with van der Waals surface area (Å²) in [4.78, 5) is 28.4. The zero-order valence-corrected chi connectivity index (χ0v) is 15.7. The zero-order chi connectivity index (χ0) is 17.9. The molecule has 0 aliphatic heterocycles. The van der Waals surface area contributed by atoms with Crippen LogP contribution in [0.15, 0.2) is 17.5 Å². The van der Waals surface area contributed by atoms with Crippen molar-refractivity contribution in [3.8, 4) is 0 Å². The number of hydrogen-bond acceptors (Lipinski definition) is 5. The highest BCUT2D eigenvalue weighted by Crippen LogP contribution is 2.31. The molecule has 1 amide bonds. The lowest BCUT2D eigenvalue weighted by Crippen LogP contribution is -2.15. The molecule has 0 atom stereocenters. The number of ether oxygens (including phenoxy) is 1. The predicted octanol–water partition coefficient (Wildman–Crippen LogP) is 4.69. The molecule has 8 heteroatoms. The maximum Gasteiger partial charge on any atom is 0.341 e. The van der Waals surface area contributed by atoms with E-state index in [1.54, 1.807) is 0 Å². The largest absolute Gasteiger partial charge is 0.465 e. The van der Waals surface area contributed by atoms with E-state index in [0.29, 0.717) is 22.9 Å². The molecule has 2 aromatic heterocycles. The van der Waals surface area contributed by atoms with Crippen LogP contribution in [0.5, 0.6) is 0 Å². The molecule has 2 rings (SSSR count). The van der Waals surface area contributed by atoms with Crippen LogP contribution in [0, 0.1) is 5.92 Å². The lowest BCUT2D eigenvalue weighted by atomic mass is 10.0. The molecule has 0 aliphatic rings. The van der Waals surface area contributed by atoms with E-state index in [9.17, 15) is 9.59 Å². The number of anilines is 1. The Labute approximate surface area is 153 Å². The average Bonchev–Trinajstić information content (AvgIpc) is 2.87. The van der Waals surface area contributed by atoms with Gasteiger partial charge < -0.3 is 10.1 Å². The monoisotopic (exact) mass is 386 g/mol. The molecule has 2 heterocycles. The van der Waals surface area contributed by atoms with Gasteiger partial charge in [0, 0.05) is 0 Å². The van der Waals surface area contributed by atoms with Crippen molar-refractivity contribution < 1.29 is 14.3 Å². The average molecular weight is 387 g/mol. The number of carbonyl (C=O) groups is 2. The fourth-order valence-electron chi connectivity index (χ4n) is 2.15. The fraction of sp³-hybridized carbons (Fsp3) is 0.312. The minimum Gasteiger partial charge on any atom is -0.465 e. The van der Waals surface area contributed by atoms with Gasteiger partial charge in [-0.05, 0) is 35.4 Å². The van der Waals surface area contributed by atoms with E-state index in [0.717, 1.165) is 5.56 Å². The first-order chi connectivity index (χ1) is 11.3. The van der Waals surface area contributed by atoms with Gasteiger partial charge in [0.05, 0.1) is 18.2 Å². The molecule has 0 saturated carbocycles. The number of hydrogen-bond donors (Lipinski definition) is 1. The Morgan fingerprint density at radius 1 is 1.33 bits per heavy atom. The number of methoxy groups -OCH3 is 1. The van der Waals surface area contributed by atoms with Gasteiger partial charge >= 0.3 is 5.97 Å². The van der Waals surface area contributed by atoms with Crippen molar-refractivity contribution in [3.63, 3.8) is 0 Å². The maximum absolute atomic E-state index is 12.4. The molecular formula is C16H16Cl2N2O3S. The van der Waals surface area contributed by atoms with Gasteiger partial charge in [-0.25, -0.2) is 9.78 Å². The minimum atomic E-state index is -0.484. The predicted molar refractivity (Wildman–Crippen MR) is 96.4 cm³/mol. The maximum atomic E-state index is 12.4. The Kier molecular flexibility index (Phi) is 6.21. The van der Waals surface area contributed by atoms with Gasteiger partial charge in [0.15, 0.2) is 0 Å². The van der Waals surface area contributed by atoms with Gasteiger partial charge in [0.2, 0.25) is 0 Å². The van der Waals surface area contributed by atoms with E-state index in [4.69, 9.17) is 27.9 Å². The van der Waals surface area contributed by atoms with Crippen LogP contribution in [0.2, 0.25) is 10.3 Å². The smallest absolute Gasteiger partial charge is 0.341 e. The normalized spacial score (nSPS) is 10.8. The van der Waals surface area contributed by atoms with E-state index in [-0.39, 0.29) is 15.9 Å². The van der Waals surface area contributed by atoms with Crippen molar-refractivity contribution in [1.29, 1.82) is 0 Å². The van der Waals surface area contributed by atoms with E-state index in [1.165, 1.54) is 30.6 Å². The number of aromatic nitrogens is 1. The third kappa shape index (κ3) is 4.26. The minimum absolute atomic E-state index is 0.00132. The van der Waals surface area contributed by atoms with Crippen LogP contribution in [0.3, 0.4) is 0 Å². The summed E-state index contributed by atoms with van der Waals surface area (Å²) < 4.78 is 4.84. The number of thiophene rings is 1. The van der Waals surface area contributed by atoms with Crippen molar-refractivity contribution in [2.45, 2.75) is 20.3 Å². The van der Waals surface area contributed by atoms with Crippen LogP contribution < -0.4 is 5.32 Å². The quantitative estimate of drug-likeness (QED) is 0.597. The second-order valence-corrected chi connectivity index (χ2v) is 7.11. The molecule has 2 aromatic rings. The molecular weight excluding hydrogens is 371 g/mol. The van der Waals surface area contributed by atoms with Gasteiger partial charge in [-0.2, -0.15) is 0 Å². The standard InChI is InChI=1S/C16H16Cl2N2O3S/c1-8(2)6-9-7-24-15(12(9)16(22)23-3)20-14(21)10-4-5-11(17)19-13(10)18/h4-5,7-8H,6H2,1-3H3,(H,20,21). The molecule has 1 N–H and O–H groups in total. The second-order valence-electron chi connectivity index (χ2n) is 5.48. The summed E-state index contributed by atoms with van der Waals surface area (Å²) in [5.74, 6) is -0.587. The van der Waals surface area contributed by atoms with Gasteiger partial charge in [-0.3, -0.25) is 4.79 Å². The molecule has 128 valence electrons. The number of esters is 1. The summed E-state index contributed by atoms with van der Waals surface area (Å²) in [5, 5.41) is 5.18. The molecule has 0 unspecified atom stereocenters. The summed E-state index contributed by atoms with van der Waals surface area (Å²) >= 11 is 13.0. The SMILES string of the molecule is COC(=O)c1c(CC(C)C)csc1NC(=O)c1ccc(Cl)nc1Cl. The Morgan fingerprint density at radius 3 is 2.62 bits per heavy atom. The van der Waals surface area contributed by atoms with Crippen molar-refractivity contribution in [2.24, 2.45) is 5.92 Å². The molecule has 0 saturated heterocycles. The zero-order valence-electron chi connectivity index (χ0n) is 13.4. The summed E-state index contributed by atoms with van der Waals surface area (Å²) in [6, 6.07) is 2.95. The number of carbonyl (C=O) groups excluding carboxylic acids is 2. The molecule has 0 radical (unpaired) electrons. The third-order valence-corrected chi connectivity index (χ3v) is 4.61. The van der Waals surface area contributed by atoms with Crippen molar-refractivity contribution in [2.75, 3.05) is 12.4 Å². The highest BCUT2D eigenvalue weighted by atomic mass is 35.5. The van der Waals surface area contributed by atoms with Gasteiger partial charge in [-0.15, -0.1) is 11.3 Å². The first kappa shape index (κ1) is 18.7. The van der Waals surface area contributed by atoms with E-state index in [2.05, 4.69) is 24.1 Å². The van der Waals surface area contributed by atoms with Crippen LogP contribution >= 0.6 is 34.5 Å². The van der Waals surface area contributed by atoms with Gasteiger partial charge in [-0.1, -0.05) is 37.0 Å². The third-order valence-electron chi connectivity index (χ3n) is 3.17. The first-order valence-electron chi connectivity index (χ1n) is 7.15. The van der Waals surface area contributed by atoms with Crippen molar-refractivity contribution in [1.82, 2.24) is 4.98 Å². The molecule has 0 fully saturated rings. The molecule has 24 heavy (non-hydrogen) atoms. The Hall–Kier alpha value is -1.63. The number of rotatable bonds is 5. The number of amides is 1. The number of halogens is 2. The number of nitrogens with zero attached hydrogens (tertiary/aromatic N) is 1. The van der Waals surface area contributed by atoms with Crippen LogP contribution in [0.25, 0.3) is 0 Å². The lowest BCUT2D eigenvalue weighted by molar-refractivity contribution is 0.0601. The summed E-state index contributed by atoms with van der Waals surface area (Å²) in [6.45, 7) is 4.10. The van der Waals surface area contributed by atoms with E-state index >= 15 is 0 Å². The molecule has 5 nitrogen and oxygen atoms in total. The number of nitrogens with one attached hydrogen (secondary N) is 1. The van der Waals surface area contributed by atoms with Crippen LogP contribution in [0.4, 0.5) is 5.00 Å². The highest BCUT2D eigenvalue weighted by molar-refractivity contribution is 7.15. The topological polar surface area (TPSA) is 68.3 Å². The summed E-state index contributed by atoms with van der Waals surface area (Å²) in [7, 11) is 1.31. The second kappa shape index (κ2) is 7.96. The van der Waals surface area contributed by atoms with Crippen molar-refractivity contribution in [3.05, 3.63) is 44.5 Å². The molecule has 0 bridgehead atoms. The van der Waals surface area contributed by atoms with Gasteiger partial charge in [0.25, 0.3) is 5.91 Å². The Balaban J connectivity index is 2.33.